The smallest absolute Gasteiger partial charge is 0.134 e. The van der Waals surface area contributed by atoms with Crippen molar-refractivity contribution in [3.63, 3.8) is 0 Å². The van der Waals surface area contributed by atoms with Crippen LogP contribution in [0.15, 0.2) is 28.7 Å². The molecule has 1 aromatic carbocycles. The van der Waals surface area contributed by atoms with Crippen molar-refractivity contribution in [3.8, 4) is 0 Å². The lowest BCUT2D eigenvalue weighted by atomic mass is 10.0. The number of hydrogen-bond acceptors (Lipinski definition) is 2. The van der Waals surface area contributed by atoms with E-state index in [0.717, 1.165) is 10.0 Å². The van der Waals surface area contributed by atoms with Gasteiger partial charge in [0, 0.05) is 4.47 Å². The van der Waals surface area contributed by atoms with E-state index in [4.69, 9.17) is 0 Å². The third-order valence-corrected chi connectivity index (χ3v) is 2.02. The third-order valence-electron chi connectivity index (χ3n) is 1.53. The van der Waals surface area contributed by atoms with Crippen LogP contribution < -0.4 is 0 Å². The van der Waals surface area contributed by atoms with Gasteiger partial charge in [-0.15, -0.1) is 0 Å². The second kappa shape index (κ2) is 4.16. The molecule has 12 heavy (non-hydrogen) atoms. The zero-order chi connectivity index (χ0) is 8.97. The van der Waals surface area contributed by atoms with Gasteiger partial charge < -0.3 is 9.59 Å². The van der Waals surface area contributed by atoms with Gasteiger partial charge in [-0.25, -0.2) is 0 Å². The van der Waals surface area contributed by atoms with E-state index in [9.17, 15) is 9.59 Å². The van der Waals surface area contributed by atoms with E-state index >= 15 is 0 Å². The van der Waals surface area contributed by atoms with E-state index in [-0.39, 0.29) is 0 Å². The van der Waals surface area contributed by atoms with Gasteiger partial charge in [-0.05, 0) is 17.7 Å². The molecule has 0 saturated heterocycles. The van der Waals surface area contributed by atoms with Crippen LogP contribution in [0.1, 0.15) is 11.5 Å². The molecule has 0 aliphatic carbocycles. The minimum absolute atomic E-state index is 0.634. The number of aldehydes is 2. The highest BCUT2D eigenvalue weighted by atomic mass is 79.9. The van der Waals surface area contributed by atoms with Crippen LogP contribution in [0.3, 0.4) is 0 Å². The monoisotopic (exact) mass is 226 g/mol. The number of halogens is 1. The SMILES string of the molecule is O=CC(C=O)c1cccc(Br)c1. The number of benzene rings is 1. The maximum absolute atomic E-state index is 10.4. The Balaban J connectivity index is 3.00. The molecule has 0 aliphatic rings. The molecule has 0 aliphatic heterocycles. The van der Waals surface area contributed by atoms with E-state index in [0.29, 0.717) is 12.6 Å². The zero-order valence-electron chi connectivity index (χ0n) is 6.24. The normalized spacial score (nSPS) is 9.83. The summed E-state index contributed by atoms with van der Waals surface area (Å²) in [7, 11) is 0. The number of carbonyl (C=O) groups is 2. The van der Waals surface area contributed by atoms with Crippen LogP contribution in [0.2, 0.25) is 0 Å². The molecule has 0 atom stereocenters. The molecule has 0 heterocycles. The molecule has 0 bridgehead atoms. The lowest BCUT2D eigenvalue weighted by molar-refractivity contribution is -0.116. The number of carbonyl (C=O) groups excluding carboxylic acids is 2. The average Bonchev–Trinajstić information content (AvgIpc) is 2.07. The van der Waals surface area contributed by atoms with E-state index in [1.165, 1.54) is 0 Å². The minimum atomic E-state index is -0.637. The lowest BCUT2D eigenvalue weighted by Gasteiger charge is -2.01. The van der Waals surface area contributed by atoms with Crippen LogP contribution >= 0.6 is 15.9 Å². The molecule has 2 nitrogen and oxygen atoms in total. The Morgan fingerprint density at radius 1 is 1.25 bits per heavy atom. The first kappa shape index (κ1) is 9.13. The summed E-state index contributed by atoms with van der Waals surface area (Å²) < 4.78 is 0.869. The fraction of sp³-hybridized carbons (Fsp3) is 0.111. The largest absolute Gasteiger partial charge is 0.302 e. The van der Waals surface area contributed by atoms with E-state index in [1.54, 1.807) is 18.2 Å². The summed E-state index contributed by atoms with van der Waals surface area (Å²) in [6.45, 7) is 0. The van der Waals surface area contributed by atoms with Crippen molar-refractivity contribution in [2.24, 2.45) is 0 Å². The Kier molecular flexibility index (Phi) is 3.17. The van der Waals surface area contributed by atoms with Crippen LogP contribution in [0, 0.1) is 0 Å². The maximum atomic E-state index is 10.4. The van der Waals surface area contributed by atoms with Crippen molar-refractivity contribution in [1.82, 2.24) is 0 Å². The molecule has 0 saturated carbocycles. The molecule has 1 rings (SSSR count). The molecule has 0 unspecified atom stereocenters. The van der Waals surface area contributed by atoms with Crippen LogP contribution in [-0.2, 0) is 9.59 Å². The van der Waals surface area contributed by atoms with Gasteiger partial charge in [0.15, 0.2) is 0 Å². The molecular formula is C9H7BrO2. The first-order chi connectivity index (χ1) is 5.77. The molecular weight excluding hydrogens is 220 g/mol. The van der Waals surface area contributed by atoms with Gasteiger partial charge in [-0.2, -0.15) is 0 Å². The fourth-order valence-electron chi connectivity index (χ4n) is 0.903. The lowest BCUT2D eigenvalue weighted by Crippen LogP contribution is -2.00. The second-order valence-electron chi connectivity index (χ2n) is 2.35. The van der Waals surface area contributed by atoms with Crippen molar-refractivity contribution in [2.75, 3.05) is 0 Å². The first-order valence-electron chi connectivity index (χ1n) is 3.44. The predicted molar refractivity (Wildman–Crippen MR) is 49.0 cm³/mol. The molecule has 0 aromatic heterocycles. The standard InChI is InChI=1S/C9H7BrO2/c10-9-3-1-2-7(4-9)8(5-11)6-12/h1-6,8H. The molecule has 3 heteroatoms. The highest BCUT2D eigenvalue weighted by molar-refractivity contribution is 9.10. The van der Waals surface area contributed by atoms with Crippen LogP contribution in [0.4, 0.5) is 0 Å². The Hall–Kier alpha value is -0.960. The van der Waals surface area contributed by atoms with E-state index in [2.05, 4.69) is 15.9 Å². The molecule has 0 N–H and O–H groups in total. The summed E-state index contributed by atoms with van der Waals surface area (Å²) in [5.41, 5.74) is 0.717. The van der Waals surface area contributed by atoms with E-state index < -0.39 is 5.92 Å². The molecule has 0 spiro atoms. The average molecular weight is 227 g/mol. The second-order valence-corrected chi connectivity index (χ2v) is 3.27. The molecule has 0 radical (unpaired) electrons. The van der Waals surface area contributed by atoms with Gasteiger partial charge in [0.25, 0.3) is 0 Å². The van der Waals surface area contributed by atoms with Crippen LogP contribution in [0.25, 0.3) is 0 Å². The van der Waals surface area contributed by atoms with E-state index in [1.807, 2.05) is 6.07 Å². The Morgan fingerprint density at radius 2 is 1.92 bits per heavy atom. The van der Waals surface area contributed by atoms with Crippen molar-refractivity contribution >= 4 is 28.5 Å². The summed E-state index contributed by atoms with van der Waals surface area (Å²) in [6, 6.07) is 7.14. The number of rotatable bonds is 3. The van der Waals surface area contributed by atoms with Crippen molar-refractivity contribution in [1.29, 1.82) is 0 Å². The Morgan fingerprint density at radius 3 is 2.42 bits per heavy atom. The van der Waals surface area contributed by atoms with Crippen molar-refractivity contribution in [2.45, 2.75) is 5.92 Å². The highest BCUT2D eigenvalue weighted by Gasteiger charge is 2.07. The van der Waals surface area contributed by atoms with Crippen LogP contribution in [-0.4, -0.2) is 12.6 Å². The summed E-state index contributed by atoms with van der Waals surface area (Å²) in [4.78, 5) is 20.8. The zero-order valence-corrected chi connectivity index (χ0v) is 7.82. The predicted octanol–water partition coefficient (Wildman–Crippen LogP) is 1.93. The molecule has 1 aromatic rings. The summed E-state index contributed by atoms with van der Waals surface area (Å²) >= 11 is 3.26. The van der Waals surface area contributed by atoms with Gasteiger partial charge in [-0.1, -0.05) is 28.1 Å². The maximum Gasteiger partial charge on any atom is 0.134 e. The number of hydrogen-bond donors (Lipinski definition) is 0. The van der Waals surface area contributed by atoms with Crippen molar-refractivity contribution < 1.29 is 9.59 Å². The van der Waals surface area contributed by atoms with Gasteiger partial charge in [-0.3, -0.25) is 0 Å². The third kappa shape index (κ3) is 2.01. The van der Waals surface area contributed by atoms with Crippen molar-refractivity contribution in [3.05, 3.63) is 34.3 Å². The summed E-state index contributed by atoms with van der Waals surface area (Å²) in [5.74, 6) is -0.637. The fourth-order valence-corrected chi connectivity index (χ4v) is 1.32. The first-order valence-corrected chi connectivity index (χ1v) is 4.23. The summed E-state index contributed by atoms with van der Waals surface area (Å²) in [6.07, 6.45) is 1.27. The molecule has 0 fully saturated rings. The minimum Gasteiger partial charge on any atom is -0.302 e. The van der Waals surface area contributed by atoms with Gasteiger partial charge >= 0.3 is 0 Å². The quantitative estimate of drug-likeness (QED) is 0.584. The highest BCUT2D eigenvalue weighted by Crippen LogP contribution is 2.16. The topological polar surface area (TPSA) is 34.1 Å². The van der Waals surface area contributed by atoms with Gasteiger partial charge in [0.1, 0.15) is 12.6 Å². The van der Waals surface area contributed by atoms with Gasteiger partial charge in [0.05, 0.1) is 5.92 Å². The molecule has 62 valence electrons. The summed E-state index contributed by atoms with van der Waals surface area (Å²) in [5, 5.41) is 0. The van der Waals surface area contributed by atoms with Gasteiger partial charge in [0.2, 0.25) is 0 Å². The van der Waals surface area contributed by atoms with Crippen LogP contribution in [0.5, 0.6) is 0 Å². The molecule has 0 amide bonds. The Bertz CT molecular complexity index is 288. The Labute approximate surface area is 78.7 Å².